The molecule has 1 aromatic heterocycles. The van der Waals surface area contributed by atoms with Gasteiger partial charge in [0.15, 0.2) is 0 Å². The van der Waals surface area contributed by atoms with Gasteiger partial charge >= 0.3 is 6.03 Å². The van der Waals surface area contributed by atoms with Crippen LogP contribution in [0.2, 0.25) is 0 Å². The van der Waals surface area contributed by atoms with E-state index in [0.29, 0.717) is 11.8 Å². The molecule has 1 N–H and O–H groups in total. The van der Waals surface area contributed by atoms with Crippen molar-refractivity contribution in [2.24, 2.45) is 11.8 Å². The second-order valence-corrected chi connectivity index (χ2v) is 5.36. The van der Waals surface area contributed by atoms with Crippen LogP contribution < -0.4 is 5.32 Å². The maximum atomic E-state index is 12.2. The Morgan fingerprint density at radius 3 is 2.33 bits per heavy atom. The fraction of sp³-hybridized carbons (Fsp3) is 0.571. The van der Waals surface area contributed by atoms with Gasteiger partial charge in [0.05, 0.1) is 11.9 Å². The van der Waals surface area contributed by atoms with Gasteiger partial charge in [0.25, 0.3) is 0 Å². The minimum Gasteiger partial charge on any atom is -0.324 e. The Hall–Kier alpha value is -1.58. The molecule has 1 aromatic rings. The molecule has 4 heteroatoms. The molecule has 0 saturated heterocycles. The topological polar surface area (TPSA) is 45.2 Å². The SMILES string of the molecule is CC(C)CN(CC(C)C)C(=O)Nc1cccnc1. The van der Waals surface area contributed by atoms with Crippen molar-refractivity contribution in [2.75, 3.05) is 18.4 Å². The van der Waals surface area contributed by atoms with Crippen molar-refractivity contribution in [1.29, 1.82) is 0 Å². The predicted octanol–water partition coefficient (Wildman–Crippen LogP) is 3.23. The van der Waals surface area contributed by atoms with Crippen LogP contribution in [-0.4, -0.2) is 29.0 Å². The summed E-state index contributed by atoms with van der Waals surface area (Å²) in [5.41, 5.74) is 0.736. The van der Waals surface area contributed by atoms with Gasteiger partial charge in [-0.05, 0) is 24.0 Å². The second-order valence-electron chi connectivity index (χ2n) is 5.36. The molecule has 0 saturated carbocycles. The summed E-state index contributed by atoms with van der Waals surface area (Å²) < 4.78 is 0. The van der Waals surface area contributed by atoms with Crippen LogP contribution in [0.4, 0.5) is 10.5 Å². The Balaban J connectivity index is 2.64. The minimum atomic E-state index is -0.0506. The first kappa shape index (κ1) is 14.5. The van der Waals surface area contributed by atoms with Crippen LogP contribution in [-0.2, 0) is 0 Å². The van der Waals surface area contributed by atoms with E-state index in [2.05, 4.69) is 38.0 Å². The minimum absolute atomic E-state index is 0.0506. The van der Waals surface area contributed by atoms with Gasteiger partial charge in [-0.3, -0.25) is 4.98 Å². The first-order valence-electron chi connectivity index (χ1n) is 6.45. The summed E-state index contributed by atoms with van der Waals surface area (Å²) in [6.07, 6.45) is 3.34. The van der Waals surface area contributed by atoms with E-state index in [4.69, 9.17) is 0 Å². The average Bonchev–Trinajstić information content (AvgIpc) is 2.28. The van der Waals surface area contributed by atoms with Crippen LogP contribution in [0.15, 0.2) is 24.5 Å². The quantitative estimate of drug-likeness (QED) is 0.870. The number of aromatic nitrogens is 1. The number of hydrogen-bond acceptors (Lipinski definition) is 2. The maximum Gasteiger partial charge on any atom is 0.321 e. The standard InChI is InChI=1S/C14H23N3O/c1-11(2)9-17(10-12(3)4)14(18)16-13-6-5-7-15-8-13/h5-8,11-12H,9-10H2,1-4H3,(H,16,18). The van der Waals surface area contributed by atoms with E-state index in [1.54, 1.807) is 12.4 Å². The van der Waals surface area contributed by atoms with Gasteiger partial charge in [0, 0.05) is 19.3 Å². The Kier molecular flexibility index (Phi) is 5.62. The average molecular weight is 249 g/mol. The molecule has 0 radical (unpaired) electrons. The molecule has 0 atom stereocenters. The van der Waals surface area contributed by atoms with E-state index in [-0.39, 0.29) is 6.03 Å². The lowest BCUT2D eigenvalue weighted by molar-refractivity contribution is 0.196. The van der Waals surface area contributed by atoms with E-state index in [1.807, 2.05) is 17.0 Å². The summed E-state index contributed by atoms with van der Waals surface area (Å²) >= 11 is 0. The third-order valence-corrected chi connectivity index (χ3v) is 2.37. The molecular formula is C14H23N3O. The smallest absolute Gasteiger partial charge is 0.321 e. The van der Waals surface area contributed by atoms with Crippen molar-refractivity contribution in [3.05, 3.63) is 24.5 Å². The zero-order valence-corrected chi connectivity index (χ0v) is 11.7. The van der Waals surface area contributed by atoms with Gasteiger partial charge in [0.1, 0.15) is 0 Å². The fourth-order valence-electron chi connectivity index (χ4n) is 1.76. The third-order valence-electron chi connectivity index (χ3n) is 2.37. The van der Waals surface area contributed by atoms with Gasteiger partial charge in [-0.25, -0.2) is 4.79 Å². The lowest BCUT2D eigenvalue weighted by Crippen LogP contribution is -2.39. The number of hydrogen-bond donors (Lipinski definition) is 1. The molecule has 0 aliphatic rings. The zero-order chi connectivity index (χ0) is 13.5. The Labute approximate surface area is 109 Å². The highest BCUT2D eigenvalue weighted by Gasteiger charge is 2.16. The summed E-state index contributed by atoms with van der Waals surface area (Å²) in [7, 11) is 0. The molecule has 0 bridgehead atoms. The van der Waals surface area contributed by atoms with Crippen molar-refractivity contribution in [2.45, 2.75) is 27.7 Å². The van der Waals surface area contributed by atoms with E-state index < -0.39 is 0 Å². The number of anilines is 1. The molecule has 2 amide bonds. The molecule has 0 unspecified atom stereocenters. The fourth-order valence-corrected chi connectivity index (χ4v) is 1.76. The maximum absolute atomic E-state index is 12.2. The monoisotopic (exact) mass is 249 g/mol. The molecule has 1 heterocycles. The first-order chi connectivity index (χ1) is 8.49. The van der Waals surface area contributed by atoms with Crippen molar-refractivity contribution in [3.63, 3.8) is 0 Å². The number of urea groups is 1. The number of nitrogens with one attached hydrogen (secondary N) is 1. The van der Waals surface area contributed by atoms with E-state index >= 15 is 0 Å². The highest BCUT2D eigenvalue weighted by molar-refractivity contribution is 5.89. The zero-order valence-electron chi connectivity index (χ0n) is 11.7. The van der Waals surface area contributed by atoms with Crippen LogP contribution in [0.3, 0.4) is 0 Å². The second kappa shape index (κ2) is 6.99. The number of nitrogens with zero attached hydrogens (tertiary/aromatic N) is 2. The summed E-state index contributed by atoms with van der Waals surface area (Å²) in [5, 5.41) is 2.88. The Morgan fingerprint density at radius 1 is 1.28 bits per heavy atom. The molecule has 1 rings (SSSR count). The van der Waals surface area contributed by atoms with Gasteiger partial charge in [-0.2, -0.15) is 0 Å². The Morgan fingerprint density at radius 2 is 1.89 bits per heavy atom. The van der Waals surface area contributed by atoms with E-state index in [9.17, 15) is 4.79 Å². The van der Waals surface area contributed by atoms with E-state index in [1.165, 1.54) is 0 Å². The van der Waals surface area contributed by atoms with Gasteiger partial charge in [0.2, 0.25) is 0 Å². The molecule has 100 valence electrons. The molecule has 18 heavy (non-hydrogen) atoms. The van der Waals surface area contributed by atoms with Crippen molar-refractivity contribution in [3.8, 4) is 0 Å². The van der Waals surface area contributed by atoms with Crippen molar-refractivity contribution < 1.29 is 4.79 Å². The largest absolute Gasteiger partial charge is 0.324 e. The summed E-state index contributed by atoms with van der Waals surface area (Å²) in [4.78, 5) is 18.0. The lowest BCUT2D eigenvalue weighted by Gasteiger charge is -2.26. The highest BCUT2D eigenvalue weighted by atomic mass is 16.2. The van der Waals surface area contributed by atoms with E-state index in [0.717, 1.165) is 18.8 Å². The number of pyridine rings is 1. The number of carbonyl (C=O) groups excluding carboxylic acids is 1. The van der Waals surface area contributed by atoms with Gasteiger partial charge in [-0.15, -0.1) is 0 Å². The van der Waals surface area contributed by atoms with Gasteiger partial charge in [-0.1, -0.05) is 27.7 Å². The molecule has 4 nitrogen and oxygen atoms in total. The van der Waals surface area contributed by atoms with Crippen LogP contribution >= 0.6 is 0 Å². The lowest BCUT2D eigenvalue weighted by atomic mass is 10.1. The first-order valence-corrected chi connectivity index (χ1v) is 6.45. The van der Waals surface area contributed by atoms with Crippen LogP contribution in [0.25, 0.3) is 0 Å². The molecule has 0 aromatic carbocycles. The van der Waals surface area contributed by atoms with Crippen molar-refractivity contribution in [1.82, 2.24) is 9.88 Å². The molecule has 0 spiro atoms. The highest BCUT2D eigenvalue weighted by Crippen LogP contribution is 2.08. The van der Waals surface area contributed by atoms with Crippen molar-refractivity contribution >= 4 is 11.7 Å². The normalized spacial score (nSPS) is 10.8. The summed E-state index contributed by atoms with van der Waals surface area (Å²) in [6.45, 7) is 10.00. The van der Waals surface area contributed by atoms with Gasteiger partial charge < -0.3 is 10.2 Å². The molecule has 0 fully saturated rings. The molecule has 0 aliphatic heterocycles. The number of carbonyl (C=O) groups is 1. The van der Waals surface area contributed by atoms with Crippen LogP contribution in [0.1, 0.15) is 27.7 Å². The van der Waals surface area contributed by atoms with Crippen LogP contribution in [0, 0.1) is 11.8 Å². The Bertz CT molecular complexity index is 353. The van der Waals surface area contributed by atoms with Crippen LogP contribution in [0.5, 0.6) is 0 Å². The number of rotatable bonds is 5. The summed E-state index contributed by atoms with van der Waals surface area (Å²) in [6, 6.07) is 3.60. The number of amides is 2. The molecule has 0 aliphatic carbocycles. The third kappa shape index (κ3) is 5.17. The predicted molar refractivity (Wildman–Crippen MR) is 74.5 cm³/mol. The summed E-state index contributed by atoms with van der Waals surface area (Å²) in [5.74, 6) is 0.923. The molecular weight excluding hydrogens is 226 g/mol.